The van der Waals surface area contributed by atoms with Gasteiger partial charge in [0.25, 0.3) is 0 Å². The van der Waals surface area contributed by atoms with Crippen LogP contribution in [-0.4, -0.2) is 59.9 Å². The van der Waals surface area contributed by atoms with E-state index in [0.717, 1.165) is 15.3 Å². The molecule has 2 heterocycles. The number of hydrogen-bond donors (Lipinski definition) is 5. The summed E-state index contributed by atoms with van der Waals surface area (Å²) in [5.74, 6) is -0.344. The van der Waals surface area contributed by atoms with E-state index in [1.54, 1.807) is 12.1 Å². The minimum atomic E-state index is -4.07. The van der Waals surface area contributed by atoms with Crippen molar-refractivity contribution >= 4 is 21.4 Å². The maximum Gasteiger partial charge on any atom is 0.238 e. The fourth-order valence-corrected chi connectivity index (χ4v) is 5.79. The predicted octanol–water partition coefficient (Wildman–Crippen LogP) is 1.31. The van der Waals surface area contributed by atoms with Gasteiger partial charge in [0, 0.05) is 16.2 Å². The van der Waals surface area contributed by atoms with Gasteiger partial charge in [0.1, 0.15) is 36.3 Å². The van der Waals surface area contributed by atoms with Gasteiger partial charge < -0.3 is 25.2 Å². The fraction of sp³-hybridized carbons (Fsp3) is 0.304. The molecule has 0 unspecified atom stereocenters. The molecule has 182 valence electrons. The van der Waals surface area contributed by atoms with Gasteiger partial charge in [-0.3, -0.25) is 0 Å². The molecule has 0 aliphatic carbocycles. The topological polar surface area (TPSA) is 150 Å². The van der Waals surface area contributed by atoms with E-state index in [1.165, 1.54) is 41.7 Å². The molecule has 0 radical (unpaired) electrons. The summed E-state index contributed by atoms with van der Waals surface area (Å²) in [5, 5.41) is 45.5. The highest BCUT2D eigenvalue weighted by atomic mass is 32.2. The largest absolute Gasteiger partial charge is 0.394 e. The summed E-state index contributed by atoms with van der Waals surface area (Å²) in [6.07, 6.45) is -6.58. The Morgan fingerprint density at radius 2 is 1.68 bits per heavy atom. The number of hydrogen-bond acceptors (Lipinski definition) is 8. The van der Waals surface area contributed by atoms with Crippen molar-refractivity contribution in [2.24, 2.45) is 5.14 Å². The minimum Gasteiger partial charge on any atom is -0.394 e. The molecule has 3 aromatic rings. The van der Waals surface area contributed by atoms with Crippen LogP contribution in [-0.2, 0) is 21.2 Å². The average Bonchev–Trinajstić information content (AvgIpc) is 3.26. The third-order valence-corrected chi connectivity index (χ3v) is 7.91. The first-order valence-corrected chi connectivity index (χ1v) is 12.8. The van der Waals surface area contributed by atoms with Crippen molar-refractivity contribution in [3.63, 3.8) is 0 Å². The molecule has 1 aliphatic rings. The van der Waals surface area contributed by atoms with Crippen LogP contribution in [0.4, 0.5) is 4.39 Å². The van der Waals surface area contributed by atoms with E-state index in [1.807, 2.05) is 12.1 Å². The second-order valence-corrected chi connectivity index (χ2v) is 10.8. The van der Waals surface area contributed by atoms with Crippen molar-refractivity contribution in [2.45, 2.75) is 41.8 Å². The summed E-state index contributed by atoms with van der Waals surface area (Å²) in [6.45, 7) is -0.578. The quantitative estimate of drug-likeness (QED) is 0.336. The molecule has 1 saturated heterocycles. The molecule has 0 spiro atoms. The van der Waals surface area contributed by atoms with Crippen molar-refractivity contribution < 1.29 is 38.0 Å². The van der Waals surface area contributed by atoms with E-state index < -0.39 is 47.2 Å². The van der Waals surface area contributed by atoms with E-state index in [0.29, 0.717) is 11.1 Å². The number of sulfonamides is 1. The minimum absolute atomic E-state index is 0.0995. The molecule has 8 nitrogen and oxygen atoms in total. The van der Waals surface area contributed by atoms with Crippen molar-refractivity contribution in [1.29, 1.82) is 0 Å². The van der Waals surface area contributed by atoms with Crippen LogP contribution >= 0.6 is 11.3 Å². The zero-order valence-corrected chi connectivity index (χ0v) is 19.4. The summed E-state index contributed by atoms with van der Waals surface area (Å²) < 4.78 is 43.2. The summed E-state index contributed by atoms with van der Waals surface area (Å²) in [7, 11) is -4.07. The number of aliphatic hydroxyl groups excluding tert-OH is 4. The zero-order chi connectivity index (χ0) is 24.6. The highest BCUT2D eigenvalue weighted by Crippen LogP contribution is 2.35. The standard InChI is InChI=1S/C23H24FNO7S2/c24-15-4-1-12(2-5-15)18-7-6-16(33-18)10-14-9-13(3-8-19(14)34(25,30)31)23-22(29)21(28)20(27)17(11-26)32-23/h1-9,17,20-23,26-29H,10-11H2,(H2,25,30,31)/t17-,20-,21+,22-,23+/m1/s1. The van der Waals surface area contributed by atoms with Crippen LogP contribution in [0.1, 0.15) is 22.1 Å². The molecule has 1 fully saturated rings. The van der Waals surface area contributed by atoms with Crippen molar-refractivity contribution in [3.05, 3.63) is 76.4 Å². The lowest BCUT2D eigenvalue weighted by Crippen LogP contribution is -2.55. The van der Waals surface area contributed by atoms with Gasteiger partial charge in [-0.25, -0.2) is 17.9 Å². The molecule has 1 aromatic heterocycles. The number of nitrogens with two attached hydrogens (primary N) is 1. The van der Waals surface area contributed by atoms with Crippen LogP contribution in [0.15, 0.2) is 59.5 Å². The lowest BCUT2D eigenvalue weighted by molar-refractivity contribution is -0.231. The van der Waals surface area contributed by atoms with E-state index in [2.05, 4.69) is 0 Å². The molecule has 1 aliphatic heterocycles. The first kappa shape index (κ1) is 24.9. The predicted molar refractivity (Wildman–Crippen MR) is 123 cm³/mol. The molecule has 34 heavy (non-hydrogen) atoms. The Balaban J connectivity index is 1.68. The first-order valence-electron chi connectivity index (χ1n) is 10.4. The van der Waals surface area contributed by atoms with Gasteiger partial charge in [-0.15, -0.1) is 11.3 Å². The Morgan fingerprint density at radius 1 is 0.971 bits per heavy atom. The van der Waals surface area contributed by atoms with E-state index in [4.69, 9.17) is 9.88 Å². The first-order chi connectivity index (χ1) is 16.1. The smallest absolute Gasteiger partial charge is 0.238 e. The average molecular weight is 510 g/mol. The van der Waals surface area contributed by atoms with Gasteiger partial charge in [0.05, 0.1) is 11.5 Å². The Labute approximate surface area is 199 Å². The number of rotatable bonds is 6. The summed E-state index contributed by atoms with van der Waals surface area (Å²) in [5.41, 5.74) is 1.53. The van der Waals surface area contributed by atoms with Crippen LogP contribution in [0.25, 0.3) is 10.4 Å². The number of halogens is 1. The van der Waals surface area contributed by atoms with E-state index in [9.17, 15) is 33.2 Å². The van der Waals surface area contributed by atoms with E-state index >= 15 is 0 Å². The molecule has 0 amide bonds. The third kappa shape index (κ3) is 5.07. The highest BCUT2D eigenvalue weighted by molar-refractivity contribution is 7.89. The molecule has 6 N–H and O–H groups in total. The summed E-state index contributed by atoms with van der Waals surface area (Å²) in [6, 6.07) is 13.9. The zero-order valence-electron chi connectivity index (χ0n) is 17.8. The second kappa shape index (κ2) is 9.80. The third-order valence-electron chi connectivity index (χ3n) is 5.77. The van der Waals surface area contributed by atoms with Gasteiger partial charge in [-0.2, -0.15) is 0 Å². The number of aliphatic hydroxyl groups is 4. The Morgan fingerprint density at radius 3 is 2.32 bits per heavy atom. The molecule has 0 saturated carbocycles. The Kier molecular flexibility index (Phi) is 7.17. The lowest BCUT2D eigenvalue weighted by atomic mass is 9.90. The number of ether oxygens (including phenoxy) is 1. The van der Waals surface area contributed by atoms with E-state index in [-0.39, 0.29) is 17.1 Å². The van der Waals surface area contributed by atoms with Gasteiger partial charge >= 0.3 is 0 Å². The summed E-state index contributed by atoms with van der Waals surface area (Å²) in [4.78, 5) is 1.59. The van der Waals surface area contributed by atoms with Crippen LogP contribution in [0.3, 0.4) is 0 Å². The van der Waals surface area contributed by atoms with Crippen LogP contribution < -0.4 is 5.14 Å². The fourth-order valence-electron chi connectivity index (χ4n) is 4.00. The number of thiophene rings is 1. The van der Waals surface area contributed by atoms with Crippen molar-refractivity contribution in [3.8, 4) is 10.4 Å². The number of primary sulfonamides is 1. The molecule has 5 atom stereocenters. The molecular formula is C23H24FNO7S2. The monoisotopic (exact) mass is 509 g/mol. The van der Waals surface area contributed by atoms with Crippen LogP contribution in [0.2, 0.25) is 0 Å². The molecule has 11 heteroatoms. The lowest BCUT2D eigenvalue weighted by Gasteiger charge is -2.40. The maximum atomic E-state index is 13.2. The molecule has 0 bridgehead atoms. The molecule has 2 aromatic carbocycles. The van der Waals surface area contributed by atoms with Crippen LogP contribution in [0, 0.1) is 5.82 Å². The van der Waals surface area contributed by atoms with Gasteiger partial charge in [-0.05, 0) is 47.0 Å². The molecular weight excluding hydrogens is 485 g/mol. The van der Waals surface area contributed by atoms with Gasteiger partial charge in [-0.1, -0.05) is 24.3 Å². The van der Waals surface area contributed by atoms with Gasteiger partial charge in [0.15, 0.2) is 0 Å². The van der Waals surface area contributed by atoms with Crippen molar-refractivity contribution in [2.75, 3.05) is 6.61 Å². The van der Waals surface area contributed by atoms with Crippen molar-refractivity contribution in [1.82, 2.24) is 0 Å². The second-order valence-electron chi connectivity index (χ2n) is 8.11. The normalized spacial score (nSPS) is 25.4. The van der Waals surface area contributed by atoms with Crippen LogP contribution in [0.5, 0.6) is 0 Å². The molecule has 4 rings (SSSR count). The maximum absolute atomic E-state index is 13.2. The van der Waals surface area contributed by atoms with Gasteiger partial charge in [0.2, 0.25) is 10.0 Å². The highest BCUT2D eigenvalue weighted by Gasteiger charge is 2.44. The SMILES string of the molecule is NS(=O)(=O)c1ccc([C@@H]2O[C@H](CO)[C@@H](O)[C@H](O)[C@H]2O)cc1Cc1ccc(-c2ccc(F)cc2)s1. The Bertz CT molecular complexity index is 1260. The summed E-state index contributed by atoms with van der Waals surface area (Å²) >= 11 is 1.41. The Hall–Kier alpha value is -2.22. The number of benzene rings is 2.